The maximum absolute atomic E-state index is 4.65. The molecule has 0 unspecified atom stereocenters. The van der Waals surface area contributed by atoms with Gasteiger partial charge in [-0.3, -0.25) is 4.98 Å². The van der Waals surface area contributed by atoms with Crippen molar-refractivity contribution in [1.82, 2.24) is 15.3 Å². The SMILES string of the molecule is CCCNCc1csc(-c2ncccc2CC)n1. The van der Waals surface area contributed by atoms with Crippen LogP contribution in [0.5, 0.6) is 0 Å². The van der Waals surface area contributed by atoms with Crippen LogP contribution in [0.2, 0.25) is 0 Å². The molecule has 3 nitrogen and oxygen atoms in total. The summed E-state index contributed by atoms with van der Waals surface area (Å²) < 4.78 is 0. The van der Waals surface area contributed by atoms with Crippen molar-refractivity contribution in [2.24, 2.45) is 0 Å². The highest BCUT2D eigenvalue weighted by molar-refractivity contribution is 7.13. The zero-order chi connectivity index (χ0) is 12.8. The molecular formula is C14H19N3S. The number of hydrogen-bond donors (Lipinski definition) is 1. The van der Waals surface area contributed by atoms with Crippen LogP contribution in [0, 0.1) is 0 Å². The van der Waals surface area contributed by atoms with Gasteiger partial charge in [0.15, 0.2) is 0 Å². The predicted octanol–water partition coefficient (Wildman–Crippen LogP) is 3.27. The minimum atomic E-state index is 0.846. The lowest BCUT2D eigenvalue weighted by atomic mass is 10.1. The molecule has 2 aromatic rings. The number of hydrogen-bond acceptors (Lipinski definition) is 4. The number of pyridine rings is 1. The molecule has 0 saturated carbocycles. The molecule has 0 saturated heterocycles. The van der Waals surface area contributed by atoms with E-state index < -0.39 is 0 Å². The molecule has 1 N–H and O–H groups in total. The summed E-state index contributed by atoms with van der Waals surface area (Å²) in [6, 6.07) is 4.11. The van der Waals surface area contributed by atoms with Gasteiger partial charge in [0.1, 0.15) is 10.7 Å². The van der Waals surface area contributed by atoms with Crippen molar-refractivity contribution in [1.29, 1.82) is 0 Å². The van der Waals surface area contributed by atoms with Gasteiger partial charge in [-0.15, -0.1) is 11.3 Å². The molecule has 0 aliphatic heterocycles. The van der Waals surface area contributed by atoms with Gasteiger partial charge < -0.3 is 5.32 Å². The molecule has 0 radical (unpaired) electrons. The Hall–Kier alpha value is -1.26. The van der Waals surface area contributed by atoms with Gasteiger partial charge >= 0.3 is 0 Å². The van der Waals surface area contributed by atoms with E-state index in [9.17, 15) is 0 Å². The fraction of sp³-hybridized carbons (Fsp3) is 0.429. The van der Waals surface area contributed by atoms with Gasteiger partial charge in [0.2, 0.25) is 0 Å². The summed E-state index contributed by atoms with van der Waals surface area (Å²) >= 11 is 1.68. The van der Waals surface area contributed by atoms with Gasteiger partial charge in [-0.05, 0) is 31.0 Å². The number of rotatable bonds is 6. The van der Waals surface area contributed by atoms with Crippen molar-refractivity contribution in [3.05, 3.63) is 35.0 Å². The van der Waals surface area contributed by atoms with E-state index in [1.807, 2.05) is 12.3 Å². The molecule has 0 atom stereocenters. The van der Waals surface area contributed by atoms with Crippen LogP contribution in [0.15, 0.2) is 23.7 Å². The van der Waals surface area contributed by atoms with Crippen LogP contribution in [0.1, 0.15) is 31.5 Å². The molecule has 96 valence electrons. The second-order valence-corrected chi connectivity index (χ2v) is 5.04. The van der Waals surface area contributed by atoms with Crippen molar-refractivity contribution in [2.45, 2.75) is 33.2 Å². The van der Waals surface area contributed by atoms with E-state index in [1.165, 1.54) is 5.56 Å². The van der Waals surface area contributed by atoms with Gasteiger partial charge in [-0.25, -0.2) is 4.98 Å². The number of aromatic nitrogens is 2. The van der Waals surface area contributed by atoms with E-state index in [0.717, 1.165) is 42.3 Å². The average Bonchev–Trinajstić information content (AvgIpc) is 2.88. The number of aryl methyl sites for hydroxylation is 1. The first-order valence-electron chi connectivity index (χ1n) is 6.44. The summed E-state index contributed by atoms with van der Waals surface area (Å²) in [5.74, 6) is 0. The monoisotopic (exact) mass is 261 g/mol. The van der Waals surface area contributed by atoms with Gasteiger partial charge in [0.05, 0.1) is 5.69 Å². The van der Waals surface area contributed by atoms with Gasteiger partial charge in [0, 0.05) is 18.1 Å². The maximum atomic E-state index is 4.65. The number of thiazole rings is 1. The molecule has 0 aliphatic rings. The lowest BCUT2D eigenvalue weighted by molar-refractivity contribution is 0.667. The first-order chi connectivity index (χ1) is 8.85. The average molecular weight is 261 g/mol. The summed E-state index contributed by atoms with van der Waals surface area (Å²) in [6.07, 6.45) is 3.98. The minimum Gasteiger partial charge on any atom is -0.311 e. The van der Waals surface area contributed by atoms with Crippen molar-refractivity contribution < 1.29 is 0 Å². The summed E-state index contributed by atoms with van der Waals surface area (Å²) in [6.45, 7) is 6.20. The molecule has 0 aliphatic carbocycles. The Labute approximate surface area is 112 Å². The van der Waals surface area contributed by atoms with E-state index in [-0.39, 0.29) is 0 Å². The van der Waals surface area contributed by atoms with E-state index in [0.29, 0.717) is 0 Å². The van der Waals surface area contributed by atoms with E-state index in [4.69, 9.17) is 0 Å². The molecule has 2 heterocycles. The summed E-state index contributed by atoms with van der Waals surface area (Å²) in [7, 11) is 0. The third-order valence-electron chi connectivity index (χ3n) is 2.76. The lowest BCUT2D eigenvalue weighted by Crippen LogP contribution is -2.13. The molecule has 0 amide bonds. The van der Waals surface area contributed by atoms with Crippen molar-refractivity contribution in [3.8, 4) is 10.7 Å². The Morgan fingerprint density at radius 3 is 3.00 bits per heavy atom. The van der Waals surface area contributed by atoms with Crippen LogP contribution in [0.4, 0.5) is 0 Å². The minimum absolute atomic E-state index is 0.846. The molecule has 4 heteroatoms. The van der Waals surface area contributed by atoms with Crippen LogP contribution in [-0.2, 0) is 13.0 Å². The van der Waals surface area contributed by atoms with E-state index in [2.05, 4.69) is 40.6 Å². The third-order valence-corrected chi connectivity index (χ3v) is 3.66. The summed E-state index contributed by atoms with van der Waals surface area (Å²) in [4.78, 5) is 9.11. The molecule has 0 fully saturated rings. The number of nitrogens with zero attached hydrogens (tertiary/aromatic N) is 2. The van der Waals surface area contributed by atoms with Crippen LogP contribution in [0.3, 0.4) is 0 Å². The second-order valence-electron chi connectivity index (χ2n) is 4.19. The molecule has 2 aromatic heterocycles. The highest BCUT2D eigenvalue weighted by atomic mass is 32.1. The standard InChI is InChI=1S/C14H19N3S/c1-3-7-15-9-12-10-18-14(17-12)13-11(4-2)6-5-8-16-13/h5-6,8,10,15H,3-4,7,9H2,1-2H3. The summed E-state index contributed by atoms with van der Waals surface area (Å²) in [5.41, 5.74) is 3.41. The fourth-order valence-corrected chi connectivity index (χ4v) is 2.66. The Bertz CT molecular complexity index is 493. The van der Waals surface area contributed by atoms with Crippen molar-refractivity contribution in [2.75, 3.05) is 6.54 Å². The zero-order valence-corrected chi connectivity index (χ0v) is 11.8. The smallest absolute Gasteiger partial charge is 0.142 e. The normalized spacial score (nSPS) is 10.8. The molecule has 18 heavy (non-hydrogen) atoms. The van der Waals surface area contributed by atoms with Gasteiger partial charge in [0.25, 0.3) is 0 Å². The Morgan fingerprint density at radius 2 is 2.22 bits per heavy atom. The highest BCUT2D eigenvalue weighted by Gasteiger charge is 2.09. The second kappa shape index (κ2) is 6.61. The topological polar surface area (TPSA) is 37.8 Å². The molecule has 2 rings (SSSR count). The quantitative estimate of drug-likeness (QED) is 0.811. The zero-order valence-electron chi connectivity index (χ0n) is 10.9. The highest BCUT2D eigenvalue weighted by Crippen LogP contribution is 2.25. The molecule has 0 bridgehead atoms. The third kappa shape index (κ3) is 3.15. The molecule has 0 spiro atoms. The first-order valence-corrected chi connectivity index (χ1v) is 7.32. The van der Waals surface area contributed by atoms with E-state index >= 15 is 0 Å². The van der Waals surface area contributed by atoms with Crippen LogP contribution in [-0.4, -0.2) is 16.5 Å². The largest absolute Gasteiger partial charge is 0.311 e. The van der Waals surface area contributed by atoms with Crippen LogP contribution >= 0.6 is 11.3 Å². The predicted molar refractivity (Wildman–Crippen MR) is 76.7 cm³/mol. The molecular weight excluding hydrogens is 242 g/mol. The fourth-order valence-electron chi connectivity index (χ4n) is 1.81. The van der Waals surface area contributed by atoms with Crippen LogP contribution < -0.4 is 5.32 Å². The maximum Gasteiger partial charge on any atom is 0.142 e. The Balaban J connectivity index is 2.13. The Kier molecular flexibility index (Phi) is 4.84. The van der Waals surface area contributed by atoms with E-state index in [1.54, 1.807) is 11.3 Å². The Morgan fingerprint density at radius 1 is 1.33 bits per heavy atom. The van der Waals surface area contributed by atoms with Crippen molar-refractivity contribution in [3.63, 3.8) is 0 Å². The molecule has 0 aromatic carbocycles. The summed E-state index contributed by atoms with van der Waals surface area (Å²) in [5, 5.41) is 6.51. The first kappa shape index (κ1) is 13.2. The lowest BCUT2D eigenvalue weighted by Gasteiger charge is -2.02. The van der Waals surface area contributed by atoms with Gasteiger partial charge in [-0.2, -0.15) is 0 Å². The van der Waals surface area contributed by atoms with Crippen molar-refractivity contribution >= 4 is 11.3 Å². The number of nitrogens with one attached hydrogen (secondary N) is 1. The van der Waals surface area contributed by atoms with Crippen LogP contribution in [0.25, 0.3) is 10.7 Å². The van der Waals surface area contributed by atoms with Gasteiger partial charge in [-0.1, -0.05) is 19.9 Å².